The van der Waals surface area contributed by atoms with Gasteiger partial charge in [0.2, 0.25) is 0 Å². The van der Waals surface area contributed by atoms with Gasteiger partial charge in [-0.3, -0.25) is 4.79 Å². The summed E-state index contributed by atoms with van der Waals surface area (Å²) in [6.45, 7) is 4.18. The summed E-state index contributed by atoms with van der Waals surface area (Å²) in [6, 6.07) is 0. The summed E-state index contributed by atoms with van der Waals surface area (Å²) in [5.41, 5.74) is 0.0737. The van der Waals surface area contributed by atoms with Gasteiger partial charge in [-0.1, -0.05) is 32.1 Å². The van der Waals surface area contributed by atoms with Crippen molar-refractivity contribution < 1.29 is 9.90 Å². The minimum atomic E-state index is -0.816. The number of allylic oxidation sites excluding steroid dienone is 2. The topological polar surface area (TPSA) is 37.3 Å². The molecule has 1 fully saturated rings. The summed E-state index contributed by atoms with van der Waals surface area (Å²) in [4.78, 5) is 11.6. The molecule has 0 aliphatic heterocycles. The molecule has 0 aromatic rings. The Morgan fingerprint density at radius 1 is 1.17 bits per heavy atom. The highest BCUT2D eigenvalue weighted by molar-refractivity contribution is 5.92. The Kier molecular flexibility index (Phi) is 3.64. The number of hydrogen-bond donors (Lipinski definition) is 1. The van der Waals surface area contributed by atoms with E-state index < -0.39 is 5.60 Å². The number of ketones is 1. The quantitative estimate of drug-likeness (QED) is 0.667. The van der Waals surface area contributed by atoms with Gasteiger partial charge in [-0.25, -0.2) is 0 Å². The van der Waals surface area contributed by atoms with Gasteiger partial charge in [0.05, 0.1) is 0 Å². The van der Waals surface area contributed by atoms with E-state index in [1.54, 1.807) is 6.08 Å². The van der Waals surface area contributed by atoms with Crippen molar-refractivity contribution >= 4 is 5.78 Å². The third kappa shape index (κ3) is 3.46. The summed E-state index contributed by atoms with van der Waals surface area (Å²) in [6.07, 6.45) is 7.92. The van der Waals surface area contributed by atoms with Crippen molar-refractivity contribution in [3.63, 3.8) is 0 Å². The molecule has 0 bridgehead atoms. The summed E-state index contributed by atoms with van der Waals surface area (Å²) in [5.74, 6) is 6.23. The summed E-state index contributed by atoms with van der Waals surface area (Å²) >= 11 is 0. The lowest BCUT2D eigenvalue weighted by molar-refractivity contribution is -0.116. The highest BCUT2D eigenvalue weighted by atomic mass is 16.3. The third-order valence-electron chi connectivity index (χ3n) is 3.79. The van der Waals surface area contributed by atoms with Crippen LogP contribution in [0.5, 0.6) is 0 Å². The van der Waals surface area contributed by atoms with Crippen molar-refractivity contribution in [1.82, 2.24) is 0 Å². The molecule has 0 aromatic heterocycles. The number of hydrogen-bond acceptors (Lipinski definition) is 2. The Balaban J connectivity index is 2.12. The second-order valence-electron chi connectivity index (χ2n) is 6.50. The SMILES string of the molecule is CC1(C)CC(=O)C=C(C#CC2(O)CCCCC2)C1. The van der Waals surface area contributed by atoms with Crippen LogP contribution in [0.25, 0.3) is 0 Å². The molecular formula is C16H22O2. The van der Waals surface area contributed by atoms with Crippen LogP contribution in [0, 0.1) is 17.3 Å². The van der Waals surface area contributed by atoms with Gasteiger partial charge in [-0.15, -0.1) is 0 Å². The second-order valence-corrected chi connectivity index (χ2v) is 6.50. The Morgan fingerprint density at radius 2 is 1.83 bits per heavy atom. The van der Waals surface area contributed by atoms with Gasteiger partial charge in [0, 0.05) is 12.0 Å². The molecular weight excluding hydrogens is 224 g/mol. The standard InChI is InChI=1S/C16H22O2/c1-15(2)11-13(10-14(17)12-15)6-9-16(18)7-4-3-5-8-16/h10,18H,3-5,7-8,11-12H2,1-2H3. The highest BCUT2D eigenvalue weighted by Crippen LogP contribution is 2.33. The number of aliphatic hydroxyl groups is 1. The van der Waals surface area contributed by atoms with E-state index in [9.17, 15) is 9.90 Å². The van der Waals surface area contributed by atoms with Crippen molar-refractivity contribution in [3.05, 3.63) is 11.6 Å². The molecule has 1 saturated carbocycles. The molecule has 2 aliphatic carbocycles. The number of carbonyl (C=O) groups is 1. The van der Waals surface area contributed by atoms with Gasteiger partial charge < -0.3 is 5.11 Å². The zero-order chi connectivity index (χ0) is 13.2. The van der Waals surface area contributed by atoms with Gasteiger partial charge >= 0.3 is 0 Å². The number of rotatable bonds is 0. The van der Waals surface area contributed by atoms with Crippen molar-refractivity contribution in [2.24, 2.45) is 5.41 Å². The smallest absolute Gasteiger partial charge is 0.157 e. The van der Waals surface area contributed by atoms with Gasteiger partial charge in [0.15, 0.2) is 5.78 Å². The van der Waals surface area contributed by atoms with Crippen molar-refractivity contribution in [2.45, 2.75) is 64.4 Å². The molecule has 2 aliphatic rings. The minimum absolute atomic E-state index is 0.00499. The first kappa shape index (κ1) is 13.4. The van der Waals surface area contributed by atoms with Crippen LogP contribution in [0.15, 0.2) is 11.6 Å². The molecule has 98 valence electrons. The zero-order valence-corrected chi connectivity index (χ0v) is 11.4. The molecule has 0 radical (unpaired) electrons. The Hall–Kier alpha value is -1.07. The molecule has 0 spiro atoms. The molecule has 2 rings (SSSR count). The van der Waals surface area contributed by atoms with Crippen LogP contribution >= 0.6 is 0 Å². The van der Waals surface area contributed by atoms with Gasteiger partial charge in [0.25, 0.3) is 0 Å². The second kappa shape index (κ2) is 4.90. The fourth-order valence-electron chi connectivity index (χ4n) is 2.88. The monoisotopic (exact) mass is 246 g/mol. The summed E-state index contributed by atoms with van der Waals surface area (Å²) in [5, 5.41) is 10.3. The molecule has 0 atom stereocenters. The average molecular weight is 246 g/mol. The van der Waals surface area contributed by atoms with Crippen LogP contribution in [0.3, 0.4) is 0 Å². The minimum Gasteiger partial charge on any atom is -0.378 e. The Bertz CT molecular complexity index is 426. The first-order valence-electron chi connectivity index (χ1n) is 6.88. The van der Waals surface area contributed by atoms with E-state index in [4.69, 9.17) is 0 Å². The summed E-state index contributed by atoms with van der Waals surface area (Å²) < 4.78 is 0. The van der Waals surface area contributed by atoms with Crippen LogP contribution in [-0.4, -0.2) is 16.5 Å². The van der Waals surface area contributed by atoms with Gasteiger partial charge in [-0.05, 0) is 43.6 Å². The van der Waals surface area contributed by atoms with E-state index in [-0.39, 0.29) is 11.2 Å². The zero-order valence-electron chi connectivity index (χ0n) is 11.4. The van der Waals surface area contributed by atoms with Crippen LogP contribution in [0.4, 0.5) is 0 Å². The highest BCUT2D eigenvalue weighted by Gasteiger charge is 2.29. The lowest BCUT2D eigenvalue weighted by atomic mass is 9.76. The predicted octanol–water partition coefficient (Wildman–Crippen LogP) is 3.00. The van der Waals surface area contributed by atoms with E-state index in [1.807, 2.05) is 0 Å². The van der Waals surface area contributed by atoms with Crippen LogP contribution in [0.1, 0.15) is 58.8 Å². The lowest BCUT2D eigenvalue weighted by Crippen LogP contribution is -2.29. The van der Waals surface area contributed by atoms with E-state index in [2.05, 4.69) is 25.7 Å². The molecule has 18 heavy (non-hydrogen) atoms. The van der Waals surface area contributed by atoms with E-state index in [1.165, 1.54) is 6.42 Å². The molecule has 0 unspecified atom stereocenters. The van der Waals surface area contributed by atoms with Crippen molar-refractivity contribution in [3.8, 4) is 11.8 Å². The molecule has 0 amide bonds. The summed E-state index contributed by atoms with van der Waals surface area (Å²) in [7, 11) is 0. The molecule has 0 heterocycles. The maximum Gasteiger partial charge on any atom is 0.157 e. The maximum absolute atomic E-state index is 11.6. The number of carbonyl (C=O) groups excluding carboxylic acids is 1. The fourth-order valence-corrected chi connectivity index (χ4v) is 2.88. The maximum atomic E-state index is 11.6. The third-order valence-corrected chi connectivity index (χ3v) is 3.79. The Labute approximate surface area is 109 Å². The predicted molar refractivity (Wildman–Crippen MR) is 71.9 cm³/mol. The van der Waals surface area contributed by atoms with E-state index in [0.29, 0.717) is 6.42 Å². The lowest BCUT2D eigenvalue weighted by Gasteiger charge is -2.28. The van der Waals surface area contributed by atoms with E-state index in [0.717, 1.165) is 37.7 Å². The molecule has 0 aromatic carbocycles. The van der Waals surface area contributed by atoms with Gasteiger partial charge in [0.1, 0.15) is 5.60 Å². The molecule has 0 saturated heterocycles. The Morgan fingerprint density at radius 3 is 2.44 bits per heavy atom. The molecule has 2 nitrogen and oxygen atoms in total. The first-order valence-corrected chi connectivity index (χ1v) is 6.88. The normalized spacial score (nSPS) is 25.9. The van der Waals surface area contributed by atoms with Crippen LogP contribution in [-0.2, 0) is 4.79 Å². The first-order chi connectivity index (χ1) is 8.39. The van der Waals surface area contributed by atoms with Gasteiger partial charge in [-0.2, -0.15) is 0 Å². The molecule has 2 heteroatoms. The van der Waals surface area contributed by atoms with Crippen molar-refractivity contribution in [1.29, 1.82) is 0 Å². The largest absolute Gasteiger partial charge is 0.378 e. The average Bonchev–Trinajstić information content (AvgIpc) is 2.25. The van der Waals surface area contributed by atoms with Crippen molar-refractivity contribution in [2.75, 3.05) is 0 Å². The van der Waals surface area contributed by atoms with Crippen LogP contribution in [0.2, 0.25) is 0 Å². The van der Waals surface area contributed by atoms with E-state index >= 15 is 0 Å². The fraction of sp³-hybridized carbons (Fsp3) is 0.688. The van der Waals surface area contributed by atoms with Crippen LogP contribution < -0.4 is 0 Å². The molecule has 1 N–H and O–H groups in total.